The molecule has 0 aromatic carbocycles. The Morgan fingerprint density at radius 3 is 2.50 bits per heavy atom. The highest BCUT2D eigenvalue weighted by molar-refractivity contribution is 5.23. The van der Waals surface area contributed by atoms with Crippen molar-refractivity contribution in [3.05, 3.63) is 23.9 Å². The summed E-state index contributed by atoms with van der Waals surface area (Å²) in [6, 6.07) is 4.33. The van der Waals surface area contributed by atoms with Crippen LogP contribution in [0.5, 0.6) is 5.88 Å². The van der Waals surface area contributed by atoms with E-state index in [0.717, 1.165) is 0 Å². The van der Waals surface area contributed by atoms with E-state index in [4.69, 9.17) is 4.74 Å². The van der Waals surface area contributed by atoms with Crippen LogP contribution in [0.1, 0.15) is 39.3 Å². The van der Waals surface area contributed by atoms with Gasteiger partial charge in [-0.15, -0.1) is 0 Å². The summed E-state index contributed by atoms with van der Waals surface area (Å²) in [4.78, 5) is 4.23. The number of hydrogen-bond acceptors (Lipinski definition) is 3. The molecule has 3 heteroatoms. The molecule has 0 radical (unpaired) electrons. The Labute approximate surface area is 98.2 Å². The minimum Gasteiger partial charge on any atom is -0.474 e. The van der Waals surface area contributed by atoms with E-state index in [1.54, 1.807) is 6.20 Å². The molecule has 2 unspecified atom stereocenters. The highest BCUT2D eigenvalue weighted by Crippen LogP contribution is 2.18. The fraction of sp³-hybridized carbons (Fsp3) is 0.615. The van der Waals surface area contributed by atoms with Gasteiger partial charge in [0.1, 0.15) is 0 Å². The highest BCUT2D eigenvalue weighted by Gasteiger charge is 2.10. The molecule has 1 aromatic rings. The van der Waals surface area contributed by atoms with Crippen LogP contribution in [0, 0.1) is 5.92 Å². The summed E-state index contributed by atoms with van der Waals surface area (Å²) in [5, 5.41) is 3.20. The summed E-state index contributed by atoms with van der Waals surface area (Å²) in [6.07, 6.45) is 1.98. The maximum Gasteiger partial charge on any atom is 0.213 e. The van der Waals surface area contributed by atoms with Gasteiger partial charge < -0.3 is 10.1 Å². The third-order valence-electron chi connectivity index (χ3n) is 2.94. The average Bonchev–Trinajstić information content (AvgIpc) is 2.28. The van der Waals surface area contributed by atoms with Crippen molar-refractivity contribution >= 4 is 0 Å². The molecule has 16 heavy (non-hydrogen) atoms. The van der Waals surface area contributed by atoms with E-state index in [-0.39, 0.29) is 6.10 Å². The Kier molecular flexibility index (Phi) is 4.74. The van der Waals surface area contributed by atoms with E-state index in [0.29, 0.717) is 17.8 Å². The van der Waals surface area contributed by atoms with E-state index < -0.39 is 0 Å². The summed E-state index contributed by atoms with van der Waals surface area (Å²) in [7, 11) is 1.95. The molecule has 2 atom stereocenters. The Balaban J connectivity index is 2.74. The fourth-order valence-electron chi connectivity index (χ4n) is 1.25. The lowest BCUT2D eigenvalue weighted by Gasteiger charge is -2.18. The van der Waals surface area contributed by atoms with E-state index in [2.05, 4.69) is 38.0 Å². The van der Waals surface area contributed by atoms with Crippen molar-refractivity contribution in [2.24, 2.45) is 5.92 Å². The number of ether oxygens (including phenoxy) is 1. The molecular weight excluding hydrogens is 200 g/mol. The minimum atomic E-state index is 0.188. The third-order valence-corrected chi connectivity index (χ3v) is 2.94. The average molecular weight is 222 g/mol. The van der Waals surface area contributed by atoms with Crippen molar-refractivity contribution in [1.29, 1.82) is 0 Å². The van der Waals surface area contributed by atoms with E-state index in [1.165, 1.54) is 5.56 Å². The van der Waals surface area contributed by atoms with Gasteiger partial charge in [-0.05, 0) is 38.4 Å². The van der Waals surface area contributed by atoms with E-state index in [1.807, 2.05) is 19.2 Å². The van der Waals surface area contributed by atoms with Crippen LogP contribution in [-0.2, 0) is 0 Å². The van der Waals surface area contributed by atoms with Gasteiger partial charge in [-0.1, -0.05) is 13.8 Å². The van der Waals surface area contributed by atoms with Crippen molar-refractivity contribution in [3.63, 3.8) is 0 Å². The lowest BCUT2D eigenvalue weighted by molar-refractivity contribution is 0.163. The largest absolute Gasteiger partial charge is 0.474 e. The van der Waals surface area contributed by atoms with Crippen LogP contribution in [0.4, 0.5) is 0 Å². The van der Waals surface area contributed by atoms with Gasteiger partial charge in [0.25, 0.3) is 0 Å². The first-order chi connectivity index (χ1) is 7.54. The van der Waals surface area contributed by atoms with Crippen molar-refractivity contribution in [2.75, 3.05) is 7.05 Å². The van der Waals surface area contributed by atoms with Crippen molar-refractivity contribution < 1.29 is 4.74 Å². The first kappa shape index (κ1) is 13.0. The molecule has 0 spiro atoms. The molecule has 0 fully saturated rings. The summed E-state index contributed by atoms with van der Waals surface area (Å²) >= 11 is 0. The van der Waals surface area contributed by atoms with Crippen LogP contribution >= 0.6 is 0 Å². The highest BCUT2D eigenvalue weighted by atomic mass is 16.5. The molecular formula is C13H22N2O. The van der Waals surface area contributed by atoms with Crippen LogP contribution in [0.15, 0.2) is 18.3 Å². The first-order valence-electron chi connectivity index (χ1n) is 5.84. The fourth-order valence-corrected chi connectivity index (χ4v) is 1.25. The maximum absolute atomic E-state index is 5.77. The second-order valence-corrected chi connectivity index (χ2v) is 4.50. The molecule has 0 aliphatic heterocycles. The lowest BCUT2D eigenvalue weighted by Crippen LogP contribution is -2.19. The molecule has 90 valence electrons. The summed E-state index contributed by atoms with van der Waals surface area (Å²) < 4.78 is 5.77. The van der Waals surface area contributed by atoms with Gasteiger partial charge in [-0.3, -0.25) is 0 Å². The molecule has 1 heterocycles. The standard InChI is InChI=1S/C13H22N2O/c1-9(2)11(4)16-13-8-12(6-7-15-13)10(3)14-5/h6-11,14H,1-5H3. The van der Waals surface area contributed by atoms with Gasteiger partial charge in [0.2, 0.25) is 5.88 Å². The smallest absolute Gasteiger partial charge is 0.213 e. The number of hydrogen-bond donors (Lipinski definition) is 1. The normalized spacial score (nSPS) is 14.9. The SMILES string of the molecule is CNC(C)c1ccnc(OC(C)C(C)C)c1. The van der Waals surface area contributed by atoms with Crippen molar-refractivity contribution in [1.82, 2.24) is 10.3 Å². The van der Waals surface area contributed by atoms with Crippen LogP contribution in [-0.4, -0.2) is 18.1 Å². The number of nitrogens with zero attached hydrogens (tertiary/aromatic N) is 1. The van der Waals surface area contributed by atoms with Crippen molar-refractivity contribution in [2.45, 2.75) is 39.8 Å². The molecule has 1 aromatic heterocycles. The van der Waals surface area contributed by atoms with Gasteiger partial charge in [-0.25, -0.2) is 4.98 Å². The number of aromatic nitrogens is 1. The Morgan fingerprint density at radius 2 is 1.94 bits per heavy atom. The summed E-state index contributed by atoms with van der Waals surface area (Å²) in [6.45, 7) is 8.47. The molecule has 1 rings (SSSR count). The molecule has 1 N–H and O–H groups in total. The maximum atomic E-state index is 5.77. The van der Waals surface area contributed by atoms with Gasteiger partial charge >= 0.3 is 0 Å². The minimum absolute atomic E-state index is 0.188. The number of pyridine rings is 1. The van der Waals surface area contributed by atoms with Gasteiger partial charge in [-0.2, -0.15) is 0 Å². The van der Waals surface area contributed by atoms with Gasteiger partial charge in [0.05, 0.1) is 6.10 Å². The molecule has 0 saturated carbocycles. The summed E-state index contributed by atoms with van der Waals surface area (Å²) in [5.41, 5.74) is 1.20. The van der Waals surface area contributed by atoms with Crippen LogP contribution < -0.4 is 10.1 Å². The van der Waals surface area contributed by atoms with Gasteiger partial charge in [0, 0.05) is 18.3 Å². The predicted molar refractivity (Wildman–Crippen MR) is 66.6 cm³/mol. The zero-order chi connectivity index (χ0) is 12.1. The number of rotatable bonds is 5. The second-order valence-electron chi connectivity index (χ2n) is 4.50. The van der Waals surface area contributed by atoms with E-state index in [9.17, 15) is 0 Å². The van der Waals surface area contributed by atoms with Crippen LogP contribution in [0.25, 0.3) is 0 Å². The third kappa shape index (κ3) is 3.49. The first-order valence-corrected chi connectivity index (χ1v) is 5.84. The van der Waals surface area contributed by atoms with Crippen molar-refractivity contribution in [3.8, 4) is 5.88 Å². The van der Waals surface area contributed by atoms with Gasteiger partial charge in [0.15, 0.2) is 0 Å². The van der Waals surface area contributed by atoms with E-state index >= 15 is 0 Å². The molecule has 0 aliphatic carbocycles. The number of nitrogens with one attached hydrogen (secondary N) is 1. The van der Waals surface area contributed by atoms with Crippen LogP contribution in [0.2, 0.25) is 0 Å². The molecule has 0 bridgehead atoms. The zero-order valence-corrected chi connectivity index (χ0v) is 10.8. The Hall–Kier alpha value is -1.09. The molecule has 0 amide bonds. The molecule has 0 saturated heterocycles. The second kappa shape index (κ2) is 5.85. The quantitative estimate of drug-likeness (QED) is 0.831. The van der Waals surface area contributed by atoms with Crippen LogP contribution in [0.3, 0.4) is 0 Å². The summed E-state index contributed by atoms with van der Waals surface area (Å²) in [5.74, 6) is 1.20. The Morgan fingerprint density at radius 1 is 1.25 bits per heavy atom. The lowest BCUT2D eigenvalue weighted by atomic mass is 10.1. The monoisotopic (exact) mass is 222 g/mol. The zero-order valence-electron chi connectivity index (χ0n) is 10.8. The topological polar surface area (TPSA) is 34.2 Å². The predicted octanol–water partition coefficient (Wildman–Crippen LogP) is 2.79. The Bertz CT molecular complexity index is 325. The molecule has 0 aliphatic rings. The molecule has 3 nitrogen and oxygen atoms in total.